The van der Waals surface area contributed by atoms with Crippen molar-refractivity contribution >= 4 is 20.6 Å². The Hall–Kier alpha value is 0.410. The maximum atomic E-state index is 4.68. The number of hydrogen-bond acceptors (Lipinski definition) is 3. The summed E-state index contributed by atoms with van der Waals surface area (Å²) in [5.41, 5.74) is 0. The Morgan fingerprint density at radius 3 is 3.20 bits per heavy atom. The van der Waals surface area contributed by atoms with E-state index in [-0.39, 0.29) is 0 Å². The van der Waals surface area contributed by atoms with E-state index < -0.39 is 0 Å². The van der Waals surface area contributed by atoms with Crippen LogP contribution in [0.5, 0.6) is 0 Å². The quantitative estimate of drug-likeness (QED) is 0.267. The van der Waals surface area contributed by atoms with E-state index in [1.807, 2.05) is 0 Å². The van der Waals surface area contributed by atoms with Crippen LogP contribution in [0, 0.1) is 0 Å². The first-order valence-electron chi connectivity index (χ1n) is 1.15. The average Bonchev–Trinajstić information content (AvgIpc) is 1.76. The van der Waals surface area contributed by atoms with Gasteiger partial charge in [-0.2, -0.15) is 4.15 Å². The van der Waals surface area contributed by atoms with Crippen LogP contribution in [0.3, 0.4) is 0 Å². The highest BCUT2D eigenvalue weighted by atomic mass is 32.2. The topological polar surface area (TPSA) is 21.6 Å². The van der Waals surface area contributed by atoms with E-state index >= 15 is 0 Å². The number of hydrogen-bond donors (Lipinski definition) is 0. The molecular weight excluding hydrogens is 105 g/mol. The molecule has 1 aliphatic rings. The zero-order valence-electron chi connectivity index (χ0n) is 2.42. The maximum absolute atomic E-state index is 4.68. The van der Waals surface area contributed by atoms with Gasteiger partial charge in [0.1, 0.15) is 18.6 Å². The molecule has 0 amide bonds. The molecule has 0 saturated heterocycles. The van der Waals surface area contributed by atoms with Crippen LogP contribution in [0.15, 0.2) is 4.15 Å². The molecule has 0 fully saturated rings. The van der Waals surface area contributed by atoms with Crippen LogP contribution in [-0.4, -0.2) is 6.35 Å². The maximum Gasteiger partial charge on any atom is 0.141 e. The minimum atomic E-state index is 0.769. The van der Waals surface area contributed by atoms with Crippen LogP contribution in [0.1, 0.15) is 0 Å². The molecule has 0 unspecified atom stereocenters. The normalized spacial score (nSPS) is 24.0. The van der Waals surface area contributed by atoms with Crippen molar-refractivity contribution in [3.8, 4) is 0 Å². The molecule has 0 aromatic carbocycles. The molecule has 0 aliphatic carbocycles. The summed E-state index contributed by atoms with van der Waals surface area (Å²) in [6.45, 7) is 0. The standard InChI is InChI=1S/CH2NOPS/c1-3-5-2-4-1/h1H2. The Kier molecular flexibility index (Phi) is 1.26. The Labute approximate surface area is 36.1 Å². The first kappa shape index (κ1) is 3.59. The molecule has 0 bridgehead atoms. The minimum Gasteiger partial charge on any atom is -0.284 e. The molecule has 0 spiro atoms. The van der Waals surface area contributed by atoms with Gasteiger partial charge < -0.3 is 0 Å². The zero-order chi connectivity index (χ0) is 3.54. The lowest BCUT2D eigenvalue weighted by Gasteiger charge is -1.70. The summed E-state index contributed by atoms with van der Waals surface area (Å²) >= 11 is 1.19. The van der Waals surface area contributed by atoms with Gasteiger partial charge in [0, 0.05) is 0 Å². The predicted octanol–water partition coefficient (Wildman–Crippen LogP) is 1.67. The van der Waals surface area contributed by atoms with Crippen molar-refractivity contribution in [3.63, 3.8) is 0 Å². The van der Waals surface area contributed by atoms with Crippen molar-refractivity contribution in [1.82, 2.24) is 0 Å². The van der Waals surface area contributed by atoms with Crippen LogP contribution >= 0.6 is 20.6 Å². The molecule has 4 heteroatoms. The van der Waals surface area contributed by atoms with E-state index in [1.54, 1.807) is 0 Å². The van der Waals surface area contributed by atoms with Crippen LogP contribution in [-0.2, 0) is 4.18 Å². The van der Waals surface area contributed by atoms with Crippen LogP contribution in [0.2, 0.25) is 0 Å². The second-order valence-corrected chi connectivity index (χ2v) is 2.12. The zero-order valence-corrected chi connectivity index (χ0v) is 4.13. The summed E-state index contributed by atoms with van der Waals surface area (Å²) in [7, 11) is 1.06. The van der Waals surface area contributed by atoms with Crippen molar-refractivity contribution in [2.45, 2.75) is 0 Å². The van der Waals surface area contributed by atoms with Gasteiger partial charge in [-0.25, -0.2) is 0 Å². The fraction of sp³-hybridized carbons (Fsp3) is 1.00. The molecule has 28 valence electrons. The summed E-state index contributed by atoms with van der Waals surface area (Å²) in [5, 5.41) is 0. The third kappa shape index (κ3) is 0.875. The van der Waals surface area contributed by atoms with Gasteiger partial charge in [-0.15, -0.1) is 0 Å². The van der Waals surface area contributed by atoms with E-state index in [4.69, 9.17) is 0 Å². The molecule has 0 aromatic heterocycles. The smallest absolute Gasteiger partial charge is 0.141 e. The molecular formula is CH2NOPS. The van der Waals surface area contributed by atoms with Crippen molar-refractivity contribution in [1.29, 1.82) is 0 Å². The number of nitrogens with zero attached hydrogens (tertiary/aromatic N) is 1. The van der Waals surface area contributed by atoms with E-state index in [0.29, 0.717) is 0 Å². The molecule has 0 N–H and O–H groups in total. The first-order valence-corrected chi connectivity index (χ1v) is 2.89. The largest absolute Gasteiger partial charge is 0.284 e. The first-order chi connectivity index (χ1) is 2.50. The second kappa shape index (κ2) is 1.75. The van der Waals surface area contributed by atoms with E-state index in [0.717, 1.165) is 14.7 Å². The number of rotatable bonds is 0. The predicted molar refractivity (Wildman–Crippen MR) is 22.9 cm³/mol. The Morgan fingerprint density at radius 2 is 3.00 bits per heavy atom. The molecule has 1 heterocycles. The van der Waals surface area contributed by atoms with Gasteiger partial charge in [0.25, 0.3) is 0 Å². The molecule has 0 atom stereocenters. The molecule has 1 rings (SSSR count). The summed E-state index contributed by atoms with van der Waals surface area (Å²) in [6, 6.07) is 0. The van der Waals surface area contributed by atoms with E-state index in [1.165, 1.54) is 12.2 Å². The van der Waals surface area contributed by atoms with Gasteiger partial charge in [-0.05, 0) is 0 Å². The molecule has 1 aliphatic heterocycles. The minimum absolute atomic E-state index is 0.769. The Balaban J connectivity index is 2.32. The van der Waals surface area contributed by atoms with Gasteiger partial charge >= 0.3 is 0 Å². The summed E-state index contributed by atoms with van der Waals surface area (Å²) in [4.78, 5) is 0. The SMILES string of the molecule is C1OSN=P1. The molecule has 2 nitrogen and oxygen atoms in total. The van der Waals surface area contributed by atoms with Gasteiger partial charge in [0.05, 0.1) is 8.37 Å². The summed E-state index contributed by atoms with van der Waals surface area (Å²) in [6.07, 6.45) is 0.769. The monoisotopic (exact) mass is 107 g/mol. The van der Waals surface area contributed by atoms with Crippen molar-refractivity contribution in [2.24, 2.45) is 4.15 Å². The van der Waals surface area contributed by atoms with Gasteiger partial charge in [-0.3, -0.25) is 4.18 Å². The molecule has 0 saturated carbocycles. The molecule has 0 radical (unpaired) electrons. The highest BCUT2D eigenvalue weighted by molar-refractivity contribution is 7.96. The van der Waals surface area contributed by atoms with Crippen LogP contribution in [0.25, 0.3) is 0 Å². The third-order valence-corrected chi connectivity index (χ3v) is 1.63. The third-order valence-electron chi connectivity index (χ3n) is 0.254. The fourth-order valence-corrected chi connectivity index (χ4v) is 1.06. The highest BCUT2D eigenvalue weighted by Crippen LogP contribution is 2.22. The average molecular weight is 107 g/mol. The Morgan fingerprint density at radius 1 is 2.00 bits per heavy atom. The second-order valence-electron chi connectivity index (χ2n) is 0.545. The Bertz CT molecular complexity index is 49.6. The van der Waals surface area contributed by atoms with Crippen molar-refractivity contribution in [3.05, 3.63) is 0 Å². The lowest BCUT2D eigenvalue weighted by Crippen LogP contribution is -1.58. The fourth-order valence-electron chi connectivity index (χ4n) is 0.118. The summed E-state index contributed by atoms with van der Waals surface area (Å²) in [5.74, 6) is 0. The molecule has 0 aromatic rings. The summed E-state index contributed by atoms with van der Waals surface area (Å²) < 4.78 is 8.43. The van der Waals surface area contributed by atoms with Gasteiger partial charge in [-0.1, -0.05) is 0 Å². The van der Waals surface area contributed by atoms with E-state index in [9.17, 15) is 0 Å². The van der Waals surface area contributed by atoms with Gasteiger partial charge in [0.2, 0.25) is 0 Å². The highest BCUT2D eigenvalue weighted by Gasteiger charge is 1.88. The van der Waals surface area contributed by atoms with Crippen molar-refractivity contribution < 1.29 is 4.18 Å². The van der Waals surface area contributed by atoms with Crippen molar-refractivity contribution in [2.75, 3.05) is 6.35 Å². The van der Waals surface area contributed by atoms with Crippen LogP contribution in [0.4, 0.5) is 0 Å². The molecule has 5 heavy (non-hydrogen) atoms. The van der Waals surface area contributed by atoms with Gasteiger partial charge in [0.15, 0.2) is 0 Å². The lowest BCUT2D eigenvalue weighted by molar-refractivity contribution is 0.470. The van der Waals surface area contributed by atoms with Crippen LogP contribution < -0.4 is 0 Å². The lowest BCUT2D eigenvalue weighted by atomic mass is 11.7. The van der Waals surface area contributed by atoms with E-state index in [2.05, 4.69) is 8.33 Å².